The maximum atomic E-state index is 12.3. The molecule has 0 fully saturated rings. The molecule has 4 heteroatoms. The number of rotatable bonds is 6. The Hall–Kier alpha value is -2.54. The van der Waals surface area contributed by atoms with Crippen LogP contribution in [0.5, 0.6) is 5.75 Å². The minimum atomic E-state index is -0.214. The summed E-state index contributed by atoms with van der Waals surface area (Å²) in [4.78, 5) is 12.3. The standard InChI is InChI=1S/C18H20N2O2/c1-14(2)17-10-9-15(13-19)18(21)20(17)11-6-12-22-16-7-4-3-5-8-16/h3-5,7-10,14H,6,11-12H2,1-2H3. The van der Waals surface area contributed by atoms with E-state index >= 15 is 0 Å². The Labute approximate surface area is 130 Å². The molecule has 0 saturated carbocycles. The number of aromatic nitrogens is 1. The van der Waals surface area contributed by atoms with E-state index in [1.807, 2.05) is 56.3 Å². The molecule has 114 valence electrons. The van der Waals surface area contributed by atoms with E-state index < -0.39 is 0 Å². The molecular weight excluding hydrogens is 276 g/mol. The number of pyridine rings is 1. The van der Waals surface area contributed by atoms with Gasteiger partial charge in [-0.25, -0.2) is 0 Å². The highest BCUT2D eigenvalue weighted by molar-refractivity contribution is 5.28. The molecule has 4 nitrogen and oxygen atoms in total. The van der Waals surface area contributed by atoms with Gasteiger partial charge in [0.2, 0.25) is 0 Å². The molecule has 0 aliphatic heterocycles. The van der Waals surface area contributed by atoms with Gasteiger partial charge in [0.05, 0.1) is 6.61 Å². The first-order valence-corrected chi connectivity index (χ1v) is 7.45. The van der Waals surface area contributed by atoms with Gasteiger partial charge in [-0.1, -0.05) is 32.0 Å². The predicted molar refractivity (Wildman–Crippen MR) is 86.1 cm³/mol. The van der Waals surface area contributed by atoms with E-state index in [2.05, 4.69) is 0 Å². The van der Waals surface area contributed by atoms with Crippen molar-refractivity contribution < 1.29 is 4.74 Å². The van der Waals surface area contributed by atoms with E-state index in [1.165, 1.54) is 0 Å². The summed E-state index contributed by atoms with van der Waals surface area (Å²) in [5.41, 5.74) is 0.922. The van der Waals surface area contributed by atoms with Crippen molar-refractivity contribution in [3.8, 4) is 11.8 Å². The van der Waals surface area contributed by atoms with Gasteiger partial charge in [0, 0.05) is 12.2 Å². The number of hydrogen-bond donors (Lipinski definition) is 0. The first-order valence-electron chi connectivity index (χ1n) is 7.45. The average molecular weight is 296 g/mol. The van der Waals surface area contributed by atoms with Crippen LogP contribution in [0.2, 0.25) is 0 Å². The molecule has 0 N–H and O–H groups in total. The van der Waals surface area contributed by atoms with E-state index in [1.54, 1.807) is 10.6 Å². The molecule has 0 aliphatic rings. The SMILES string of the molecule is CC(C)c1ccc(C#N)c(=O)n1CCCOc1ccccc1. The summed E-state index contributed by atoms with van der Waals surface area (Å²) < 4.78 is 7.34. The highest BCUT2D eigenvalue weighted by Crippen LogP contribution is 2.14. The van der Waals surface area contributed by atoms with Crippen LogP contribution in [-0.2, 0) is 6.54 Å². The first-order chi connectivity index (χ1) is 10.6. The van der Waals surface area contributed by atoms with Crippen LogP contribution in [0.4, 0.5) is 0 Å². The normalized spacial score (nSPS) is 10.5. The molecule has 0 saturated heterocycles. The van der Waals surface area contributed by atoms with Crippen LogP contribution in [0, 0.1) is 11.3 Å². The van der Waals surface area contributed by atoms with Crippen molar-refractivity contribution in [1.29, 1.82) is 5.26 Å². The lowest BCUT2D eigenvalue weighted by molar-refractivity contribution is 0.299. The zero-order valence-electron chi connectivity index (χ0n) is 13.0. The fraction of sp³-hybridized carbons (Fsp3) is 0.333. The summed E-state index contributed by atoms with van der Waals surface area (Å²) in [7, 11) is 0. The van der Waals surface area contributed by atoms with Gasteiger partial charge in [-0.05, 0) is 36.6 Å². The third-order valence-electron chi connectivity index (χ3n) is 3.46. The molecule has 0 atom stereocenters. The van der Waals surface area contributed by atoms with E-state index in [0.29, 0.717) is 19.6 Å². The van der Waals surface area contributed by atoms with Crippen LogP contribution in [0.25, 0.3) is 0 Å². The van der Waals surface area contributed by atoms with Gasteiger partial charge < -0.3 is 9.30 Å². The largest absolute Gasteiger partial charge is 0.494 e. The Morgan fingerprint density at radius 3 is 2.55 bits per heavy atom. The maximum Gasteiger partial charge on any atom is 0.268 e. The molecule has 2 rings (SSSR count). The Morgan fingerprint density at radius 1 is 1.18 bits per heavy atom. The summed E-state index contributed by atoms with van der Waals surface area (Å²) in [5, 5.41) is 9.00. The Bertz CT molecular complexity index is 712. The molecule has 0 unspecified atom stereocenters. The average Bonchev–Trinajstić information content (AvgIpc) is 2.53. The quantitative estimate of drug-likeness (QED) is 0.768. The zero-order chi connectivity index (χ0) is 15.9. The summed E-state index contributed by atoms with van der Waals surface area (Å²) >= 11 is 0. The van der Waals surface area contributed by atoms with Crippen LogP contribution >= 0.6 is 0 Å². The van der Waals surface area contributed by atoms with Crippen molar-refractivity contribution in [2.75, 3.05) is 6.61 Å². The number of hydrogen-bond acceptors (Lipinski definition) is 3. The third kappa shape index (κ3) is 3.76. The maximum absolute atomic E-state index is 12.3. The van der Waals surface area contributed by atoms with Crippen LogP contribution in [0.3, 0.4) is 0 Å². The molecular formula is C18H20N2O2. The molecule has 2 aromatic rings. The van der Waals surface area contributed by atoms with E-state index in [9.17, 15) is 4.79 Å². The third-order valence-corrected chi connectivity index (χ3v) is 3.46. The second-order valence-electron chi connectivity index (χ2n) is 5.41. The molecule has 0 bridgehead atoms. The molecule has 1 aromatic carbocycles. The van der Waals surface area contributed by atoms with Crippen molar-refractivity contribution in [1.82, 2.24) is 4.57 Å². The number of nitrogens with zero attached hydrogens (tertiary/aromatic N) is 2. The minimum absolute atomic E-state index is 0.188. The smallest absolute Gasteiger partial charge is 0.268 e. The first kappa shape index (κ1) is 15.8. The lowest BCUT2D eigenvalue weighted by atomic mass is 10.1. The highest BCUT2D eigenvalue weighted by atomic mass is 16.5. The summed E-state index contributed by atoms with van der Waals surface area (Å²) in [6, 6.07) is 15.0. The van der Waals surface area contributed by atoms with E-state index in [4.69, 9.17) is 10.00 Å². The lowest BCUT2D eigenvalue weighted by Crippen LogP contribution is -2.27. The van der Waals surface area contributed by atoms with Crippen LogP contribution < -0.4 is 10.3 Å². The van der Waals surface area contributed by atoms with Gasteiger partial charge in [-0.2, -0.15) is 5.26 Å². The molecule has 0 aliphatic carbocycles. The molecule has 1 aromatic heterocycles. The van der Waals surface area contributed by atoms with Gasteiger partial charge >= 0.3 is 0 Å². The van der Waals surface area contributed by atoms with Gasteiger partial charge in [-0.15, -0.1) is 0 Å². The van der Waals surface area contributed by atoms with Crippen LogP contribution in [-0.4, -0.2) is 11.2 Å². The van der Waals surface area contributed by atoms with Gasteiger partial charge in [-0.3, -0.25) is 4.79 Å². The second kappa shape index (κ2) is 7.46. The topological polar surface area (TPSA) is 55.0 Å². The van der Waals surface area contributed by atoms with Crippen LogP contribution in [0.15, 0.2) is 47.3 Å². The second-order valence-corrected chi connectivity index (χ2v) is 5.41. The molecule has 1 heterocycles. The molecule has 22 heavy (non-hydrogen) atoms. The van der Waals surface area contributed by atoms with Crippen LogP contribution in [0.1, 0.15) is 37.4 Å². The van der Waals surface area contributed by atoms with Crippen molar-refractivity contribution in [2.45, 2.75) is 32.7 Å². The molecule has 0 amide bonds. The fourth-order valence-corrected chi connectivity index (χ4v) is 2.34. The number of nitriles is 1. The Kier molecular flexibility index (Phi) is 5.37. The fourth-order valence-electron chi connectivity index (χ4n) is 2.34. The van der Waals surface area contributed by atoms with E-state index in [0.717, 1.165) is 11.4 Å². The highest BCUT2D eigenvalue weighted by Gasteiger charge is 2.11. The van der Waals surface area contributed by atoms with Gasteiger partial charge in [0.15, 0.2) is 0 Å². The van der Waals surface area contributed by atoms with Crippen molar-refractivity contribution in [3.05, 3.63) is 64.1 Å². The van der Waals surface area contributed by atoms with Gasteiger partial charge in [0.1, 0.15) is 17.4 Å². The van der Waals surface area contributed by atoms with Crippen molar-refractivity contribution >= 4 is 0 Å². The monoisotopic (exact) mass is 296 g/mol. The summed E-state index contributed by atoms with van der Waals surface area (Å²) in [6.45, 7) is 5.16. The summed E-state index contributed by atoms with van der Waals surface area (Å²) in [5.74, 6) is 1.06. The Morgan fingerprint density at radius 2 is 1.91 bits per heavy atom. The predicted octanol–water partition coefficient (Wildman–Crippen LogP) is 3.31. The lowest BCUT2D eigenvalue weighted by Gasteiger charge is -2.16. The van der Waals surface area contributed by atoms with Gasteiger partial charge in [0.25, 0.3) is 5.56 Å². The summed E-state index contributed by atoms with van der Waals surface area (Å²) in [6.07, 6.45) is 0.712. The molecule has 0 radical (unpaired) electrons. The van der Waals surface area contributed by atoms with Crippen molar-refractivity contribution in [2.24, 2.45) is 0 Å². The van der Waals surface area contributed by atoms with E-state index in [-0.39, 0.29) is 17.0 Å². The molecule has 0 spiro atoms. The number of benzene rings is 1. The number of para-hydroxylation sites is 1. The minimum Gasteiger partial charge on any atom is -0.494 e. The van der Waals surface area contributed by atoms with Crippen molar-refractivity contribution in [3.63, 3.8) is 0 Å². The number of ether oxygens (including phenoxy) is 1. The zero-order valence-corrected chi connectivity index (χ0v) is 13.0. The Balaban J connectivity index is 2.05.